The zero-order chi connectivity index (χ0) is 14.8. The molecule has 1 fully saturated rings. The molecule has 1 aliphatic heterocycles. The van der Waals surface area contributed by atoms with Crippen molar-refractivity contribution >= 4 is 0 Å². The summed E-state index contributed by atoms with van der Waals surface area (Å²) < 4.78 is 2.20. The van der Waals surface area contributed by atoms with Crippen LogP contribution >= 0.6 is 0 Å². The predicted molar refractivity (Wildman–Crippen MR) is 83.6 cm³/mol. The number of hydrogen-bond donors (Lipinski definition) is 1. The summed E-state index contributed by atoms with van der Waals surface area (Å²) in [7, 11) is 0. The predicted octanol–water partition coefficient (Wildman–Crippen LogP) is 2.45. The molecule has 0 bridgehead atoms. The van der Waals surface area contributed by atoms with E-state index in [2.05, 4.69) is 34.4 Å². The second kappa shape index (κ2) is 6.00. The molecular weight excluding hydrogens is 262 g/mol. The number of hydrogen-bond acceptors (Lipinski definition) is 3. The molecule has 1 aliphatic rings. The van der Waals surface area contributed by atoms with Crippen molar-refractivity contribution in [3.05, 3.63) is 47.4 Å². The number of piperidine rings is 1. The summed E-state index contributed by atoms with van der Waals surface area (Å²) in [5.74, 6) is 0.970. The van der Waals surface area contributed by atoms with Crippen LogP contribution in [0.3, 0.4) is 0 Å². The van der Waals surface area contributed by atoms with E-state index in [1.54, 1.807) is 0 Å². The Bertz CT molecular complexity index is 606. The molecule has 3 heterocycles. The first-order chi connectivity index (χ1) is 10.1. The highest BCUT2D eigenvalue weighted by Gasteiger charge is 2.20. The van der Waals surface area contributed by atoms with Gasteiger partial charge in [0.1, 0.15) is 5.82 Å². The monoisotopic (exact) mass is 285 g/mol. The fraction of sp³-hybridized carbons (Fsp3) is 0.471. The molecule has 0 amide bonds. The van der Waals surface area contributed by atoms with Gasteiger partial charge in [-0.1, -0.05) is 6.07 Å². The van der Waals surface area contributed by atoms with Crippen molar-refractivity contribution in [2.45, 2.75) is 39.3 Å². The van der Waals surface area contributed by atoms with Gasteiger partial charge in [-0.2, -0.15) is 0 Å². The summed E-state index contributed by atoms with van der Waals surface area (Å²) in [5.41, 5.74) is 3.78. The van der Waals surface area contributed by atoms with Crippen molar-refractivity contribution in [2.24, 2.45) is 0 Å². The van der Waals surface area contributed by atoms with E-state index >= 15 is 0 Å². The van der Waals surface area contributed by atoms with Crippen molar-refractivity contribution in [1.82, 2.24) is 14.5 Å². The van der Waals surface area contributed by atoms with Crippen LogP contribution in [0.2, 0.25) is 0 Å². The van der Waals surface area contributed by atoms with Crippen molar-refractivity contribution in [1.29, 1.82) is 0 Å². The van der Waals surface area contributed by atoms with E-state index in [1.807, 2.05) is 24.4 Å². The average Bonchev–Trinajstić information content (AvgIpc) is 2.74. The Hall–Kier alpha value is -1.65. The molecule has 3 rings (SSSR count). The van der Waals surface area contributed by atoms with Gasteiger partial charge in [0.2, 0.25) is 0 Å². The normalized spacial score (nSPS) is 19.9. The number of likely N-dealkylation sites (tertiary alicyclic amines) is 1. The third-order valence-corrected chi connectivity index (χ3v) is 4.29. The van der Waals surface area contributed by atoms with Gasteiger partial charge in [-0.05, 0) is 57.0 Å². The molecule has 2 aromatic heterocycles. The third kappa shape index (κ3) is 3.01. The van der Waals surface area contributed by atoms with Crippen molar-refractivity contribution in [2.75, 3.05) is 13.1 Å². The van der Waals surface area contributed by atoms with E-state index in [1.165, 1.54) is 17.0 Å². The minimum atomic E-state index is -0.168. The lowest BCUT2D eigenvalue weighted by Gasteiger charge is -2.29. The van der Waals surface area contributed by atoms with Crippen molar-refractivity contribution < 1.29 is 5.11 Å². The third-order valence-electron chi connectivity index (χ3n) is 4.29. The fourth-order valence-corrected chi connectivity index (χ4v) is 3.24. The van der Waals surface area contributed by atoms with E-state index in [0.717, 1.165) is 38.3 Å². The largest absolute Gasteiger partial charge is 0.392 e. The van der Waals surface area contributed by atoms with E-state index < -0.39 is 0 Å². The average molecular weight is 285 g/mol. The lowest BCUT2D eigenvalue weighted by atomic mass is 10.1. The number of aliphatic hydroxyl groups excluding tert-OH is 1. The van der Waals surface area contributed by atoms with E-state index in [-0.39, 0.29) is 6.10 Å². The molecule has 1 N–H and O–H groups in total. The summed E-state index contributed by atoms with van der Waals surface area (Å²) in [6.07, 6.45) is 3.68. The quantitative estimate of drug-likeness (QED) is 0.942. The molecule has 0 radical (unpaired) electrons. The number of pyridine rings is 1. The molecule has 0 spiro atoms. The molecule has 0 aliphatic carbocycles. The second-order valence-corrected chi connectivity index (χ2v) is 5.95. The van der Waals surface area contributed by atoms with Crippen LogP contribution in [-0.4, -0.2) is 38.8 Å². The van der Waals surface area contributed by atoms with Crippen LogP contribution in [0.5, 0.6) is 0 Å². The number of aryl methyl sites for hydroxylation is 1. The van der Waals surface area contributed by atoms with Crippen molar-refractivity contribution in [3.8, 4) is 5.82 Å². The summed E-state index contributed by atoms with van der Waals surface area (Å²) in [6, 6.07) is 8.23. The molecule has 1 atom stereocenters. The number of β-amino-alcohol motifs (C(OH)–C–C–N with tert-alkyl or cyclic N) is 1. The van der Waals surface area contributed by atoms with E-state index in [0.29, 0.717) is 0 Å². The molecule has 4 heteroatoms. The molecule has 0 saturated carbocycles. The van der Waals surface area contributed by atoms with Crippen LogP contribution in [0.25, 0.3) is 5.82 Å². The summed E-state index contributed by atoms with van der Waals surface area (Å²) in [6.45, 7) is 7.04. The van der Waals surface area contributed by atoms with Crippen LogP contribution in [0.15, 0.2) is 30.5 Å². The molecule has 4 nitrogen and oxygen atoms in total. The Morgan fingerprint density at radius 3 is 2.90 bits per heavy atom. The first-order valence-electron chi connectivity index (χ1n) is 7.65. The van der Waals surface area contributed by atoms with Gasteiger partial charge < -0.3 is 9.67 Å². The molecule has 2 aromatic rings. The zero-order valence-electron chi connectivity index (χ0n) is 12.8. The molecule has 21 heavy (non-hydrogen) atoms. The molecule has 1 saturated heterocycles. The maximum atomic E-state index is 9.81. The lowest BCUT2D eigenvalue weighted by molar-refractivity contribution is 0.0667. The summed E-state index contributed by atoms with van der Waals surface area (Å²) in [4.78, 5) is 6.80. The van der Waals surface area contributed by atoms with Crippen LogP contribution in [0, 0.1) is 13.8 Å². The van der Waals surface area contributed by atoms with Crippen molar-refractivity contribution in [3.63, 3.8) is 0 Å². The van der Waals surface area contributed by atoms with Gasteiger partial charge in [0.25, 0.3) is 0 Å². The zero-order valence-corrected chi connectivity index (χ0v) is 12.8. The minimum Gasteiger partial charge on any atom is -0.392 e. The SMILES string of the molecule is Cc1cc(CN2CCCC(O)C2)c(C)n1-c1ccccn1. The summed E-state index contributed by atoms with van der Waals surface area (Å²) in [5, 5.41) is 9.81. The minimum absolute atomic E-state index is 0.168. The van der Waals surface area contributed by atoms with E-state index in [9.17, 15) is 5.11 Å². The maximum Gasteiger partial charge on any atom is 0.136 e. The van der Waals surface area contributed by atoms with Gasteiger partial charge in [-0.15, -0.1) is 0 Å². The smallest absolute Gasteiger partial charge is 0.136 e. The Labute approximate surface area is 126 Å². The Kier molecular flexibility index (Phi) is 4.08. The number of nitrogens with zero attached hydrogens (tertiary/aromatic N) is 3. The van der Waals surface area contributed by atoms with Gasteiger partial charge in [0.05, 0.1) is 6.10 Å². The van der Waals surface area contributed by atoms with Gasteiger partial charge in [-0.3, -0.25) is 4.90 Å². The van der Waals surface area contributed by atoms with Crippen LogP contribution < -0.4 is 0 Å². The number of aromatic nitrogens is 2. The standard InChI is InChI=1S/C17H23N3O/c1-13-10-15(11-19-9-5-6-16(21)12-19)14(2)20(13)17-7-3-4-8-18-17/h3-4,7-8,10,16,21H,5-6,9,11-12H2,1-2H3. The molecule has 0 aromatic carbocycles. The first-order valence-corrected chi connectivity index (χ1v) is 7.65. The maximum absolute atomic E-state index is 9.81. The van der Waals surface area contributed by atoms with E-state index in [4.69, 9.17) is 0 Å². The highest BCUT2D eigenvalue weighted by Crippen LogP contribution is 2.22. The molecule has 1 unspecified atom stereocenters. The number of rotatable bonds is 3. The molecule has 112 valence electrons. The van der Waals surface area contributed by atoms with Gasteiger partial charge in [0, 0.05) is 30.7 Å². The van der Waals surface area contributed by atoms with Gasteiger partial charge in [-0.25, -0.2) is 4.98 Å². The fourth-order valence-electron chi connectivity index (χ4n) is 3.24. The Balaban J connectivity index is 1.84. The lowest BCUT2D eigenvalue weighted by Crippen LogP contribution is -2.37. The van der Waals surface area contributed by atoms with Crippen LogP contribution in [0.1, 0.15) is 29.8 Å². The molecular formula is C17H23N3O. The first kappa shape index (κ1) is 14.3. The van der Waals surface area contributed by atoms with Crippen LogP contribution in [0.4, 0.5) is 0 Å². The number of aliphatic hydroxyl groups is 1. The highest BCUT2D eigenvalue weighted by atomic mass is 16.3. The topological polar surface area (TPSA) is 41.3 Å². The van der Waals surface area contributed by atoms with Gasteiger partial charge >= 0.3 is 0 Å². The Morgan fingerprint density at radius 2 is 2.19 bits per heavy atom. The Morgan fingerprint density at radius 1 is 1.33 bits per heavy atom. The summed E-state index contributed by atoms with van der Waals surface area (Å²) >= 11 is 0. The highest BCUT2D eigenvalue weighted by molar-refractivity contribution is 5.36. The van der Waals surface area contributed by atoms with Gasteiger partial charge in [0.15, 0.2) is 0 Å². The second-order valence-electron chi connectivity index (χ2n) is 5.95. The van der Waals surface area contributed by atoms with Crippen LogP contribution in [-0.2, 0) is 6.54 Å².